The van der Waals surface area contributed by atoms with Gasteiger partial charge in [0.25, 0.3) is 0 Å². The van der Waals surface area contributed by atoms with Crippen LogP contribution in [0.2, 0.25) is 0 Å². The summed E-state index contributed by atoms with van der Waals surface area (Å²) in [7, 11) is 0. The minimum atomic E-state index is -1.40. The first-order valence-corrected chi connectivity index (χ1v) is 37.9. The summed E-state index contributed by atoms with van der Waals surface area (Å²) in [4.78, 5) is 48.3. The van der Waals surface area contributed by atoms with E-state index in [9.17, 15) is 20.4 Å². The molecule has 19 aliphatic rings. The molecule has 12 heteroatoms. The molecule has 3 fully saturated rings. The lowest BCUT2D eigenvalue weighted by atomic mass is 9.48. The smallest absolute Gasteiger partial charge is 0.340 e. The topological polar surface area (TPSA) is 182 Å². The molecule has 3 saturated carbocycles. The van der Waals surface area contributed by atoms with Crippen LogP contribution in [0, 0.1) is 40.9 Å². The van der Waals surface area contributed by atoms with Crippen molar-refractivity contribution in [2.24, 2.45) is 40.9 Å². The summed E-state index contributed by atoms with van der Waals surface area (Å²) >= 11 is 0. The molecular formula is C89H90O12. The van der Waals surface area contributed by atoms with Gasteiger partial charge in [0.1, 0.15) is 18.1 Å². The Morgan fingerprint density at radius 3 is 2.42 bits per heavy atom. The third-order valence-electron chi connectivity index (χ3n) is 28.1. The fourth-order valence-corrected chi connectivity index (χ4v) is 24.1. The zero-order chi connectivity index (χ0) is 68.2. The van der Waals surface area contributed by atoms with Gasteiger partial charge in [-0.2, -0.15) is 0 Å². The van der Waals surface area contributed by atoms with Gasteiger partial charge in [0.2, 0.25) is 0 Å². The predicted molar refractivity (Wildman–Crippen MR) is 385 cm³/mol. The summed E-state index contributed by atoms with van der Waals surface area (Å²) < 4.78 is 35.2. The minimum absolute atomic E-state index is 0.0160. The Kier molecular flexibility index (Phi) is 15.6. The van der Waals surface area contributed by atoms with E-state index in [0.29, 0.717) is 59.8 Å². The van der Waals surface area contributed by atoms with Crippen molar-refractivity contribution in [2.45, 2.75) is 181 Å². The second-order valence-corrected chi connectivity index (χ2v) is 32.5. The van der Waals surface area contributed by atoms with Gasteiger partial charge in [-0.1, -0.05) is 146 Å². The van der Waals surface area contributed by atoms with Gasteiger partial charge in [-0.15, -0.1) is 0 Å². The van der Waals surface area contributed by atoms with E-state index in [0.717, 1.165) is 51.4 Å². The standard InChI is InChI=1S/C89H90O12/c1-49(45-91)69-42-71-58-36-51-15-13-50(14-16-51)35-52-17-18-54-19-23-61-8-4-9-62-24-27-67-65(11-5-12-75(67)89(61,62)76(54)37-52)55-20-25-63-56-21-26-66(71)70(40-56)60(39-58)44-87-32-6-33-88(78(87)43-72-64-10-3-2-7-53(64)22-29-74(72)87)84(100-85(69)95)83(98-79(94)41-59(63)38-55)81-77(101-88)30-28-68-73(46-92)80(86(96)99-82(68)81)57(31-34-90)47-97-48-93/h2-3,5,7,10-23,25-26,28-30,37,40,55,57-63,71-72,74,78,83-84,90-93H,4,6,8-9,24,27,31-36,38-39,41-48H2,1H3/t55-,57+,58-,59+,60+,61+,62-,63+,71+,72-,74-,78+,83+,84-,87+,88-,89-/m0/s1. The van der Waals surface area contributed by atoms with Crippen LogP contribution in [0.4, 0.5) is 0 Å². The van der Waals surface area contributed by atoms with Crippen molar-refractivity contribution in [1.82, 2.24) is 0 Å². The lowest BCUT2D eigenvalue weighted by molar-refractivity contribution is -0.222. The van der Waals surface area contributed by atoms with Crippen LogP contribution in [0.25, 0.3) is 23.1 Å². The molecule has 0 unspecified atom stereocenters. The molecule has 17 atom stereocenters. The molecule has 6 aromatic carbocycles. The van der Waals surface area contributed by atoms with Gasteiger partial charge in [0.05, 0.1) is 25.4 Å². The number of hydrogen-bond acceptors (Lipinski definition) is 12. The Labute approximate surface area is 590 Å². The van der Waals surface area contributed by atoms with E-state index in [4.69, 9.17) is 23.4 Å². The summed E-state index contributed by atoms with van der Waals surface area (Å²) in [6, 6.07) is 43.7. The van der Waals surface area contributed by atoms with Gasteiger partial charge in [-0.3, -0.25) is 4.79 Å². The molecule has 4 N–H and O–H groups in total. The summed E-state index contributed by atoms with van der Waals surface area (Å²) in [5.41, 5.74) is 15.8. The highest BCUT2D eigenvalue weighted by Gasteiger charge is 2.71. The van der Waals surface area contributed by atoms with Crippen LogP contribution in [0.5, 0.6) is 5.75 Å². The first-order chi connectivity index (χ1) is 49.4. The van der Waals surface area contributed by atoms with E-state index in [1.54, 1.807) is 6.07 Å². The van der Waals surface area contributed by atoms with Crippen LogP contribution < -0.4 is 10.4 Å². The summed E-state index contributed by atoms with van der Waals surface area (Å²) in [5.74, 6) is -1.32. The van der Waals surface area contributed by atoms with Gasteiger partial charge in [0, 0.05) is 58.6 Å². The molecule has 101 heavy (non-hydrogen) atoms. The second kappa shape index (κ2) is 24.6. The number of carbonyl (C=O) groups is 2. The van der Waals surface area contributed by atoms with Crippen molar-refractivity contribution < 1.29 is 53.4 Å². The maximum Gasteiger partial charge on any atom is 0.340 e. The zero-order valence-electron chi connectivity index (χ0n) is 57.6. The highest BCUT2D eigenvalue weighted by atomic mass is 16.6. The van der Waals surface area contributed by atoms with Crippen molar-refractivity contribution in [1.29, 1.82) is 0 Å². The number of aliphatic hydroxyl groups excluding tert-OH is 4. The van der Waals surface area contributed by atoms with Crippen LogP contribution in [-0.2, 0) is 55.1 Å². The van der Waals surface area contributed by atoms with Crippen LogP contribution in [-0.4, -0.2) is 70.7 Å². The summed E-state index contributed by atoms with van der Waals surface area (Å²) in [6.07, 6.45) is 24.7. The molecule has 7 aromatic rings. The number of fused-ring (bicyclic) bond motifs is 7. The van der Waals surface area contributed by atoms with E-state index >= 15 is 14.4 Å². The third-order valence-corrected chi connectivity index (χ3v) is 28.1. The Hall–Kier alpha value is -7.97. The molecule has 4 heterocycles. The molecule has 0 amide bonds. The molecule has 21 bridgehead atoms. The average Bonchev–Trinajstić information content (AvgIpc) is 1.54. The third kappa shape index (κ3) is 9.72. The largest absolute Gasteiger partial charge is 0.482 e. The minimum Gasteiger partial charge on any atom is -0.482 e. The zero-order valence-corrected chi connectivity index (χ0v) is 57.6. The van der Waals surface area contributed by atoms with Crippen molar-refractivity contribution in [2.75, 3.05) is 26.6 Å². The average molecular weight is 1350 g/mol. The molecular weight excluding hydrogens is 1260 g/mol. The first-order valence-electron chi connectivity index (χ1n) is 37.9. The fourth-order valence-electron chi connectivity index (χ4n) is 24.1. The molecule has 0 radical (unpaired) electrons. The Morgan fingerprint density at radius 1 is 0.703 bits per heavy atom. The molecule has 1 aromatic heterocycles. The van der Waals surface area contributed by atoms with Crippen molar-refractivity contribution in [3.8, 4) is 5.75 Å². The number of hydrogen-bond donors (Lipinski definition) is 4. The monoisotopic (exact) mass is 1350 g/mol. The van der Waals surface area contributed by atoms with Gasteiger partial charge >= 0.3 is 17.6 Å². The molecule has 16 aliphatic carbocycles. The highest BCUT2D eigenvalue weighted by Crippen LogP contribution is 2.72. The molecule has 0 saturated heterocycles. The Morgan fingerprint density at radius 2 is 1.55 bits per heavy atom. The highest BCUT2D eigenvalue weighted by molar-refractivity contribution is 5.91. The number of benzene rings is 6. The van der Waals surface area contributed by atoms with Crippen LogP contribution in [0.1, 0.15) is 227 Å². The number of rotatable bonds is 8. The lowest BCUT2D eigenvalue weighted by Crippen LogP contribution is -2.65. The SMILES string of the molecule is CC(CO)=C1C[C@H]2c3ccc4cc3[C@@H]3C[C@@H]2Cc2ccc(cc2)Cc2ccc5c(c2)[C@]26c7cccc(c7CC[C@@H]2CCC[C@@H]6C=C5)[C@H]2C=C[C@H]4[C@@H](CC(=O)O[C@@H]4c5c(ccc6c(CO)c([C@H](CCO)COCO)c(=O)oc56)O[C@]5(CCC[C@]6(C3)[C@H]5C[C@H]3c5ccccc5C=C[C@@H]36)[C@H]4OC1=O)C2. The number of allylic oxidation sites excluding steroid dienone is 4. The fraction of sp³-hybridized carbons (Fsp3) is 0.449. The van der Waals surface area contributed by atoms with E-state index in [-0.39, 0.29) is 120 Å². The summed E-state index contributed by atoms with van der Waals surface area (Å²) in [6.45, 7) is -0.230. The van der Waals surface area contributed by atoms with E-state index < -0.39 is 60.1 Å². The van der Waals surface area contributed by atoms with Crippen molar-refractivity contribution in [3.63, 3.8) is 0 Å². The van der Waals surface area contributed by atoms with Crippen LogP contribution in [0.3, 0.4) is 0 Å². The normalized spacial score (nSPS) is 33.3. The van der Waals surface area contributed by atoms with E-state index in [1.165, 1.54) is 85.2 Å². The maximum atomic E-state index is 16.7. The van der Waals surface area contributed by atoms with E-state index in [1.807, 2.05) is 13.0 Å². The number of ether oxygens (including phenoxy) is 4. The second-order valence-electron chi connectivity index (χ2n) is 32.5. The van der Waals surface area contributed by atoms with Gasteiger partial charge < -0.3 is 43.8 Å². The van der Waals surface area contributed by atoms with E-state index in [2.05, 4.69) is 140 Å². The number of esters is 2. The van der Waals surface area contributed by atoms with Gasteiger partial charge in [0.15, 0.2) is 17.8 Å². The Balaban J connectivity index is 0.874. The molecule has 12 nitrogen and oxygen atoms in total. The van der Waals surface area contributed by atoms with Gasteiger partial charge in [-0.05, 0) is 252 Å². The van der Waals surface area contributed by atoms with Crippen LogP contribution >= 0.6 is 0 Å². The maximum absolute atomic E-state index is 16.7. The molecule has 26 rings (SSSR count). The summed E-state index contributed by atoms with van der Waals surface area (Å²) in [5, 5.41) is 43.7. The first kappa shape index (κ1) is 63.9. The predicted octanol–water partition coefficient (Wildman–Crippen LogP) is 15.6. The van der Waals surface area contributed by atoms with Crippen molar-refractivity contribution in [3.05, 3.63) is 250 Å². The number of carbonyl (C=O) groups excluding carboxylic acids is 2. The van der Waals surface area contributed by atoms with Crippen LogP contribution in [0.15, 0.2) is 160 Å². The molecule has 2 spiro atoms. The van der Waals surface area contributed by atoms with Crippen molar-refractivity contribution >= 4 is 35.1 Å². The Bertz CT molecular complexity index is 4740. The molecule has 3 aliphatic heterocycles. The lowest BCUT2D eigenvalue weighted by Gasteiger charge is -2.58. The number of aliphatic hydroxyl groups is 4. The molecule has 518 valence electrons. The van der Waals surface area contributed by atoms with Gasteiger partial charge in [-0.25, -0.2) is 9.59 Å². The quantitative estimate of drug-likeness (QED) is 0.0372.